The molecule has 3 nitrogen and oxygen atoms in total. The largest absolute Gasteiger partial charge is 0.444 e. The van der Waals surface area contributed by atoms with Crippen molar-refractivity contribution in [1.82, 2.24) is 4.90 Å². The molecule has 0 aromatic carbocycles. The Balaban J connectivity index is 0.000000673. The molecular weight excluding hydrogens is 202 g/mol. The fraction of sp³-hybridized carbons (Fsp3) is 0.923. The Hall–Kier alpha value is -0.730. The number of rotatable bonds is 0. The molecule has 0 bridgehead atoms. The maximum absolute atomic E-state index is 11.5. The summed E-state index contributed by atoms with van der Waals surface area (Å²) < 4.78 is 5.26. The third-order valence-corrected chi connectivity index (χ3v) is 2.01. The number of amides is 1. The molecule has 1 heterocycles. The lowest BCUT2D eigenvalue weighted by Gasteiger charge is -2.29. The van der Waals surface area contributed by atoms with E-state index in [4.69, 9.17) is 4.74 Å². The zero-order valence-electron chi connectivity index (χ0n) is 11.5. The molecule has 0 saturated carbocycles. The third kappa shape index (κ3) is 7.55. The molecule has 1 amide bonds. The van der Waals surface area contributed by atoms with Crippen LogP contribution in [0.3, 0.4) is 0 Å². The number of likely N-dealkylation sites (tertiary alicyclic amines) is 1. The fourth-order valence-electron chi connectivity index (χ4n) is 1.40. The van der Waals surface area contributed by atoms with Crippen molar-refractivity contribution < 1.29 is 9.53 Å². The summed E-state index contributed by atoms with van der Waals surface area (Å²) >= 11 is 0. The van der Waals surface area contributed by atoms with E-state index in [9.17, 15) is 4.79 Å². The average molecular weight is 229 g/mol. The van der Waals surface area contributed by atoms with Gasteiger partial charge in [-0.05, 0) is 40.0 Å². The number of carbonyl (C=O) groups excluding carboxylic acids is 1. The minimum Gasteiger partial charge on any atom is -0.444 e. The third-order valence-electron chi connectivity index (χ3n) is 2.01. The normalized spacial score (nSPS) is 16.2. The van der Waals surface area contributed by atoms with Crippen LogP contribution in [-0.4, -0.2) is 29.7 Å². The zero-order valence-corrected chi connectivity index (χ0v) is 11.5. The van der Waals surface area contributed by atoms with Crippen LogP contribution in [0.5, 0.6) is 0 Å². The van der Waals surface area contributed by atoms with Gasteiger partial charge < -0.3 is 9.64 Å². The van der Waals surface area contributed by atoms with Crippen molar-refractivity contribution >= 4 is 6.09 Å². The second kappa shape index (κ2) is 7.53. The van der Waals surface area contributed by atoms with Crippen LogP contribution in [0.15, 0.2) is 0 Å². The smallest absolute Gasteiger partial charge is 0.410 e. The SMILES string of the molecule is CC(C)(C)OC(=O)N1CCCCC1.CCC. The quantitative estimate of drug-likeness (QED) is 0.632. The lowest BCUT2D eigenvalue weighted by molar-refractivity contribution is 0.0216. The van der Waals surface area contributed by atoms with Crippen LogP contribution in [0.2, 0.25) is 0 Å². The first-order chi connectivity index (χ1) is 7.40. The van der Waals surface area contributed by atoms with Gasteiger partial charge >= 0.3 is 6.09 Å². The highest BCUT2D eigenvalue weighted by molar-refractivity contribution is 5.68. The van der Waals surface area contributed by atoms with Crippen LogP contribution in [0, 0.1) is 0 Å². The predicted octanol–water partition coefficient (Wildman–Crippen LogP) is 3.82. The predicted molar refractivity (Wildman–Crippen MR) is 67.6 cm³/mol. The fourth-order valence-corrected chi connectivity index (χ4v) is 1.40. The maximum atomic E-state index is 11.5. The highest BCUT2D eigenvalue weighted by Gasteiger charge is 2.22. The Kier molecular flexibility index (Phi) is 7.18. The van der Waals surface area contributed by atoms with Crippen molar-refractivity contribution in [2.75, 3.05) is 13.1 Å². The van der Waals surface area contributed by atoms with Crippen LogP contribution < -0.4 is 0 Å². The molecule has 0 aromatic rings. The van der Waals surface area contributed by atoms with Gasteiger partial charge in [-0.2, -0.15) is 0 Å². The van der Waals surface area contributed by atoms with Crippen LogP contribution in [-0.2, 0) is 4.74 Å². The van der Waals surface area contributed by atoms with E-state index in [1.807, 2.05) is 20.8 Å². The minimum absolute atomic E-state index is 0.160. The first-order valence-corrected chi connectivity index (χ1v) is 6.38. The summed E-state index contributed by atoms with van der Waals surface area (Å²) in [4.78, 5) is 13.3. The van der Waals surface area contributed by atoms with E-state index in [2.05, 4.69) is 13.8 Å². The van der Waals surface area contributed by atoms with E-state index in [1.54, 1.807) is 4.90 Å². The van der Waals surface area contributed by atoms with Crippen LogP contribution in [0.1, 0.15) is 60.3 Å². The number of nitrogens with zero attached hydrogens (tertiary/aromatic N) is 1. The van der Waals surface area contributed by atoms with Crippen molar-refractivity contribution in [3.8, 4) is 0 Å². The van der Waals surface area contributed by atoms with Crippen molar-refractivity contribution in [3.05, 3.63) is 0 Å². The van der Waals surface area contributed by atoms with E-state index in [-0.39, 0.29) is 11.7 Å². The summed E-state index contributed by atoms with van der Waals surface area (Å²) in [5.74, 6) is 0. The van der Waals surface area contributed by atoms with Gasteiger partial charge in [0.25, 0.3) is 0 Å². The molecule has 1 rings (SSSR count). The molecule has 0 aliphatic carbocycles. The van der Waals surface area contributed by atoms with Gasteiger partial charge in [0.1, 0.15) is 5.60 Å². The Morgan fingerprint density at radius 1 is 1.12 bits per heavy atom. The van der Waals surface area contributed by atoms with Gasteiger partial charge in [0.05, 0.1) is 0 Å². The monoisotopic (exact) mass is 229 g/mol. The molecule has 0 N–H and O–H groups in total. The van der Waals surface area contributed by atoms with Crippen molar-refractivity contribution in [2.24, 2.45) is 0 Å². The van der Waals surface area contributed by atoms with Gasteiger partial charge in [-0.3, -0.25) is 0 Å². The van der Waals surface area contributed by atoms with Gasteiger partial charge in [-0.15, -0.1) is 0 Å². The molecule has 1 aliphatic rings. The molecule has 1 saturated heterocycles. The van der Waals surface area contributed by atoms with Crippen LogP contribution in [0.25, 0.3) is 0 Å². The molecular formula is C13H27NO2. The Bertz CT molecular complexity index is 191. The molecule has 16 heavy (non-hydrogen) atoms. The van der Waals surface area contributed by atoms with E-state index in [1.165, 1.54) is 12.8 Å². The van der Waals surface area contributed by atoms with Gasteiger partial charge in [0.2, 0.25) is 0 Å². The Morgan fingerprint density at radius 3 is 1.94 bits per heavy atom. The molecule has 0 aromatic heterocycles. The number of carbonyl (C=O) groups is 1. The van der Waals surface area contributed by atoms with Crippen molar-refractivity contribution in [3.63, 3.8) is 0 Å². The van der Waals surface area contributed by atoms with Gasteiger partial charge in [-0.1, -0.05) is 20.3 Å². The summed E-state index contributed by atoms with van der Waals surface area (Å²) in [7, 11) is 0. The van der Waals surface area contributed by atoms with Gasteiger partial charge in [0, 0.05) is 13.1 Å². The molecule has 96 valence electrons. The summed E-state index contributed by atoms with van der Waals surface area (Å²) in [6.45, 7) is 11.7. The van der Waals surface area contributed by atoms with E-state index >= 15 is 0 Å². The van der Waals surface area contributed by atoms with Crippen LogP contribution >= 0.6 is 0 Å². The summed E-state index contributed by atoms with van der Waals surface area (Å²) in [6, 6.07) is 0. The first kappa shape index (κ1) is 15.3. The maximum Gasteiger partial charge on any atom is 0.410 e. The van der Waals surface area contributed by atoms with Crippen molar-refractivity contribution in [2.45, 2.75) is 65.9 Å². The standard InChI is InChI=1S/C10H19NO2.C3H8/c1-10(2,3)13-9(12)11-7-5-4-6-8-11;1-3-2/h4-8H2,1-3H3;3H2,1-2H3. The molecule has 0 spiro atoms. The molecule has 0 radical (unpaired) electrons. The second-order valence-corrected chi connectivity index (χ2v) is 5.24. The highest BCUT2D eigenvalue weighted by atomic mass is 16.6. The van der Waals surface area contributed by atoms with E-state index < -0.39 is 0 Å². The summed E-state index contributed by atoms with van der Waals surface area (Å²) in [5.41, 5.74) is -0.367. The molecule has 0 unspecified atom stereocenters. The molecule has 3 heteroatoms. The number of piperidine rings is 1. The summed E-state index contributed by atoms with van der Waals surface area (Å²) in [5, 5.41) is 0. The second-order valence-electron chi connectivity index (χ2n) is 5.24. The van der Waals surface area contributed by atoms with Gasteiger partial charge in [-0.25, -0.2) is 4.79 Å². The van der Waals surface area contributed by atoms with Crippen LogP contribution in [0.4, 0.5) is 4.79 Å². The minimum atomic E-state index is -0.367. The number of hydrogen-bond donors (Lipinski definition) is 0. The molecule has 1 fully saturated rings. The van der Waals surface area contributed by atoms with E-state index in [0.717, 1.165) is 25.9 Å². The first-order valence-electron chi connectivity index (χ1n) is 6.38. The lowest BCUT2D eigenvalue weighted by atomic mass is 10.1. The number of hydrogen-bond acceptors (Lipinski definition) is 2. The van der Waals surface area contributed by atoms with Crippen molar-refractivity contribution in [1.29, 1.82) is 0 Å². The Morgan fingerprint density at radius 2 is 1.56 bits per heavy atom. The molecule has 0 atom stereocenters. The molecule has 1 aliphatic heterocycles. The Labute approximate surface area is 100 Å². The van der Waals surface area contributed by atoms with E-state index in [0.29, 0.717) is 0 Å². The summed E-state index contributed by atoms with van der Waals surface area (Å²) in [6.07, 6.45) is 4.55. The van der Waals surface area contributed by atoms with Gasteiger partial charge in [0.15, 0.2) is 0 Å². The highest BCUT2D eigenvalue weighted by Crippen LogP contribution is 2.14. The average Bonchev–Trinajstić information content (AvgIpc) is 2.18. The lowest BCUT2D eigenvalue weighted by Crippen LogP contribution is -2.39. The number of ether oxygens (including phenoxy) is 1. The zero-order chi connectivity index (χ0) is 12.6. The topological polar surface area (TPSA) is 29.5 Å².